The number of nitrogens with zero attached hydrogens (tertiary/aromatic N) is 1. The van der Waals surface area contributed by atoms with E-state index in [-0.39, 0.29) is 16.2 Å². The van der Waals surface area contributed by atoms with Crippen LogP contribution >= 0.6 is 0 Å². The van der Waals surface area contributed by atoms with Crippen LogP contribution in [0.2, 0.25) is 0 Å². The first-order chi connectivity index (χ1) is 9.90. The number of nitrogens with one attached hydrogen (secondary N) is 1. The molecule has 7 heteroatoms. The fraction of sp³-hybridized carbons (Fsp3) is 0.143. The topological polar surface area (TPSA) is 89.1 Å². The minimum Gasteiger partial charge on any atom is -0.495 e. The maximum absolute atomic E-state index is 11.6. The van der Waals surface area contributed by atoms with E-state index < -0.39 is 9.84 Å². The van der Waals surface area contributed by atoms with Gasteiger partial charge in [0.1, 0.15) is 10.6 Å². The van der Waals surface area contributed by atoms with E-state index in [1.807, 2.05) is 0 Å². The SMILES string of the molecule is COc1cc(C=Cc2ccc(=O)[nH]n2)ccc1S(C)(=O)=O. The Labute approximate surface area is 122 Å². The molecule has 0 radical (unpaired) electrons. The van der Waals surface area contributed by atoms with Crippen LogP contribution in [0.15, 0.2) is 40.0 Å². The number of aromatic nitrogens is 2. The van der Waals surface area contributed by atoms with Crippen LogP contribution in [0.3, 0.4) is 0 Å². The molecule has 0 fully saturated rings. The van der Waals surface area contributed by atoms with Crippen molar-refractivity contribution >= 4 is 22.0 Å². The summed E-state index contributed by atoms with van der Waals surface area (Å²) < 4.78 is 28.3. The van der Waals surface area contributed by atoms with Gasteiger partial charge in [0.05, 0.1) is 12.8 Å². The molecule has 0 aliphatic carbocycles. The summed E-state index contributed by atoms with van der Waals surface area (Å²) in [5.74, 6) is 0.286. The molecule has 0 aliphatic rings. The standard InChI is InChI=1S/C14H14N2O4S/c1-20-12-9-10(4-7-13(12)21(2,18)19)3-5-11-6-8-14(17)16-15-11/h3-9H,1-2H3,(H,16,17). The molecule has 1 N–H and O–H groups in total. The number of H-pyrrole nitrogens is 1. The molecule has 0 atom stereocenters. The first-order valence-electron chi connectivity index (χ1n) is 6.02. The Morgan fingerprint density at radius 1 is 1.19 bits per heavy atom. The largest absolute Gasteiger partial charge is 0.495 e. The van der Waals surface area contributed by atoms with Crippen LogP contribution < -0.4 is 10.3 Å². The molecule has 21 heavy (non-hydrogen) atoms. The van der Waals surface area contributed by atoms with Crippen LogP contribution in [0.1, 0.15) is 11.3 Å². The number of hydrogen-bond donors (Lipinski definition) is 1. The first-order valence-corrected chi connectivity index (χ1v) is 7.91. The smallest absolute Gasteiger partial charge is 0.264 e. The lowest BCUT2D eigenvalue weighted by Crippen LogP contribution is -2.05. The number of aromatic amines is 1. The second kappa shape index (κ2) is 5.92. The van der Waals surface area contributed by atoms with Crippen LogP contribution in [-0.4, -0.2) is 32.0 Å². The highest BCUT2D eigenvalue weighted by atomic mass is 32.2. The van der Waals surface area contributed by atoms with E-state index in [0.29, 0.717) is 5.69 Å². The maximum atomic E-state index is 11.6. The van der Waals surface area contributed by atoms with Crippen molar-refractivity contribution in [2.75, 3.05) is 13.4 Å². The Morgan fingerprint density at radius 3 is 2.52 bits per heavy atom. The van der Waals surface area contributed by atoms with Crippen LogP contribution in [0.25, 0.3) is 12.2 Å². The van der Waals surface area contributed by atoms with Gasteiger partial charge >= 0.3 is 0 Å². The number of methoxy groups -OCH3 is 1. The summed E-state index contributed by atoms with van der Waals surface area (Å²) in [6.07, 6.45) is 4.57. The minimum absolute atomic E-state index is 0.143. The van der Waals surface area contributed by atoms with E-state index in [2.05, 4.69) is 10.2 Å². The normalized spacial score (nSPS) is 11.7. The summed E-state index contributed by atoms with van der Waals surface area (Å²) in [6.45, 7) is 0. The Hall–Kier alpha value is -2.41. The molecule has 1 aromatic heterocycles. The highest BCUT2D eigenvalue weighted by Crippen LogP contribution is 2.25. The number of sulfone groups is 1. The highest BCUT2D eigenvalue weighted by Gasteiger charge is 2.13. The van der Waals surface area contributed by atoms with Gasteiger partial charge in [-0.3, -0.25) is 4.79 Å². The Kier molecular flexibility index (Phi) is 4.23. The van der Waals surface area contributed by atoms with Crippen molar-refractivity contribution in [3.05, 3.63) is 51.9 Å². The van der Waals surface area contributed by atoms with Crippen molar-refractivity contribution < 1.29 is 13.2 Å². The molecule has 0 saturated carbocycles. The van der Waals surface area contributed by atoms with E-state index >= 15 is 0 Å². The molecule has 0 spiro atoms. The number of hydrogen-bond acceptors (Lipinski definition) is 5. The van der Waals surface area contributed by atoms with Gasteiger partial charge in [-0.1, -0.05) is 12.1 Å². The lowest BCUT2D eigenvalue weighted by Gasteiger charge is -2.07. The van der Waals surface area contributed by atoms with Crippen LogP contribution in [0.4, 0.5) is 0 Å². The Balaban J connectivity index is 2.33. The molecule has 0 unspecified atom stereocenters. The maximum Gasteiger partial charge on any atom is 0.264 e. The van der Waals surface area contributed by atoms with Crippen LogP contribution in [-0.2, 0) is 9.84 Å². The van der Waals surface area contributed by atoms with Crippen molar-refractivity contribution in [2.24, 2.45) is 0 Å². The van der Waals surface area contributed by atoms with Crippen LogP contribution in [0, 0.1) is 0 Å². The number of benzene rings is 1. The fourth-order valence-electron chi connectivity index (χ4n) is 1.72. The second-order valence-electron chi connectivity index (χ2n) is 4.36. The van der Waals surface area contributed by atoms with Gasteiger partial charge in [-0.15, -0.1) is 0 Å². The predicted molar refractivity (Wildman–Crippen MR) is 79.9 cm³/mol. The monoisotopic (exact) mass is 306 g/mol. The molecule has 6 nitrogen and oxygen atoms in total. The lowest BCUT2D eigenvalue weighted by atomic mass is 10.2. The zero-order valence-electron chi connectivity index (χ0n) is 11.5. The molecule has 0 bridgehead atoms. The third-order valence-corrected chi connectivity index (χ3v) is 3.87. The van der Waals surface area contributed by atoms with E-state index in [0.717, 1.165) is 11.8 Å². The van der Waals surface area contributed by atoms with E-state index in [9.17, 15) is 13.2 Å². The minimum atomic E-state index is -3.34. The fourth-order valence-corrected chi connectivity index (χ4v) is 2.55. The van der Waals surface area contributed by atoms with Gasteiger partial charge < -0.3 is 4.74 Å². The Morgan fingerprint density at radius 2 is 1.95 bits per heavy atom. The average Bonchev–Trinajstić information content (AvgIpc) is 2.45. The zero-order valence-corrected chi connectivity index (χ0v) is 12.3. The quantitative estimate of drug-likeness (QED) is 0.921. The van der Waals surface area contributed by atoms with Gasteiger partial charge in [0.25, 0.3) is 5.56 Å². The highest BCUT2D eigenvalue weighted by molar-refractivity contribution is 7.90. The van der Waals surface area contributed by atoms with E-state index in [1.165, 1.54) is 19.2 Å². The number of ether oxygens (including phenoxy) is 1. The van der Waals surface area contributed by atoms with Crippen molar-refractivity contribution in [3.63, 3.8) is 0 Å². The third kappa shape index (κ3) is 3.79. The van der Waals surface area contributed by atoms with Crippen LogP contribution in [0.5, 0.6) is 5.75 Å². The molecule has 2 aromatic rings. The first kappa shape index (κ1) is 15.0. The summed E-state index contributed by atoms with van der Waals surface area (Å²) in [6, 6.07) is 7.74. The summed E-state index contributed by atoms with van der Waals surface area (Å²) in [5.41, 5.74) is 1.07. The van der Waals surface area contributed by atoms with Gasteiger partial charge in [-0.2, -0.15) is 5.10 Å². The molecule has 1 aromatic carbocycles. The average molecular weight is 306 g/mol. The van der Waals surface area contributed by atoms with Gasteiger partial charge in [0.2, 0.25) is 0 Å². The molecule has 1 heterocycles. The summed E-state index contributed by atoms with van der Waals surface area (Å²) in [5, 5.41) is 6.17. The molecule has 0 aliphatic heterocycles. The molecule has 0 saturated heterocycles. The van der Waals surface area contributed by atoms with Crippen molar-refractivity contribution in [3.8, 4) is 5.75 Å². The molecule has 110 valence electrons. The van der Waals surface area contributed by atoms with E-state index in [1.54, 1.807) is 30.4 Å². The summed E-state index contributed by atoms with van der Waals surface area (Å²) in [4.78, 5) is 11.0. The Bertz CT molecular complexity index is 818. The van der Waals surface area contributed by atoms with Gasteiger partial charge in [0.15, 0.2) is 9.84 Å². The zero-order chi connectivity index (χ0) is 15.5. The van der Waals surface area contributed by atoms with Gasteiger partial charge in [-0.25, -0.2) is 13.5 Å². The number of rotatable bonds is 4. The van der Waals surface area contributed by atoms with Crippen molar-refractivity contribution in [1.82, 2.24) is 10.2 Å². The van der Waals surface area contributed by atoms with Crippen molar-refractivity contribution in [2.45, 2.75) is 4.90 Å². The molecular formula is C14H14N2O4S. The van der Waals surface area contributed by atoms with Gasteiger partial charge in [-0.05, 0) is 29.8 Å². The van der Waals surface area contributed by atoms with Crippen molar-refractivity contribution in [1.29, 1.82) is 0 Å². The predicted octanol–water partition coefficient (Wildman–Crippen LogP) is 1.35. The lowest BCUT2D eigenvalue weighted by molar-refractivity contribution is 0.403. The summed E-state index contributed by atoms with van der Waals surface area (Å²) >= 11 is 0. The molecule has 2 rings (SSSR count). The van der Waals surface area contributed by atoms with E-state index in [4.69, 9.17) is 4.74 Å². The van der Waals surface area contributed by atoms with Gasteiger partial charge in [0, 0.05) is 12.3 Å². The third-order valence-electron chi connectivity index (χ3n) is 2.73. The molecule has 0 amide bonds. The second-order valence-corrected chi connectivity index (χ2v) is 6.35. The molecular weight excluding hydrogens is 292 g/mol. The summed E-state index contributed by atoms with van der Waals surface area (Å²) in [7, 11) is -1.92.